The Morgan fingerprint density at radius 2 is 2.35 bits per heavy atom. The molecule has 0 aliphatic carbocycles. The van der Waals surface area contributed by atoms with E-state index in [1.807, 2.05) is 19.1 Å². The fourth-order valence-corrected chi connectivity index (χ4v) is 2.52. The third kappa shape index (κ3) is 3.79. The van der Waals surface area contributed by atoms with E-state index < -0.39 is 0 Å². The summed E-state index contributed by atoms with van der Waals surface area (Å²) in [6.07, 6.45) is 2.70. The van der Waals surface area contributed by atoms with Crippen molar-refractivity contribution in [1.29, 1.82) is 5.26 Å². The molecule has 0 spiro atoms. The Morgan fingerprint density at radius 1 is 1.43 bits per heavy atom. The highest BCUT2D eigenvalue weighted by molar-refractivity contribution is 5.52. The lowest BCUT2D eigenvalue weighted by Crippen LogP contribution is -2.17. The molecule has 0 bridgehead atoms. The van der Waals surface area contributed by atoms with Gasteiger partial charge in [-0.2, -0.15) is 5.26 Å². The summed E-state index contributed by atoms with van der Waals surface area (Å²) < 4.78 is 11.5. The van der Waals surface area contributed by atoms with Gasteiger partial charge in [0.1, 0.15) is 23.7 Å². The van der Waals surface area contributed by atoms with Crippen LogP contribution in [0.15, 0.2) is 36.5 Å². The van der Waals surface area contributed by atoms with E-state index in [-0.39, 0.29) is 6.10 Å². The number of hydrogen-bond donors (Lipinski definition) is 1. The molecule has 5 heteroatoms. The van der Waals surface area contributed by atoms with Crippen molar-refractivity contribution in [2.75, 3.05) is 18.5 Å². The van der Waals surface area contributed by atoms with Crippen molar-refractivity contribution >= 4 is 5.82 Å². The zero-order chi connectivity index (χ0) is 16.1. The fraction of sp³-hybridized carbons (Fsp3) is 0.333. The van der Waals surface area contributed by atoms with Crippen molar-refractivity contribution in [3.05, 3.63) is 53.2 Å². The molecule has 0 unspecified atom stereocenters. The van der Waals surface area contributed by atoms with E-state index in [1.165, 1.54) is 0 Å². The Balaban J connectivity index is 1.75. The summed E-state index contributed by atoms with van der Waals surface area (Å²) in [5.74, 6) is 1.45. The molecule has 1 aliphatic heterocycles. The molecule has 1 aromatic carbocycles. The Kier molecular flexibility index (Phi) is 4.74. The first-order valence-electron chi connectivity index (χ1n) is 7.69. The van der Waals surface area contributed by atoms with Crippen molar-refractivity contribution in [3.8, 4) is 11.8 Å². The number of nitrogens with one attached hydrogen (secondary N) is 1. The molecule has 1 fully saturated rings. The first kappa shape index (κ1) is 15.3. The van der Waals surface area contributed by atoms with Gasteiger partial charge >= 0.3 is 0 Å². The van der Waals surface area contributed by atoms with Crippen LogP contribution in [0.2, 0.25) is 0 Å². The van der Waals surface area contributed by atoms with E-state index >= 15 is 0 Å². The lowest BCUT2D eigenvalue weighted by molar-refractivity contribution is 0.140. The molecule has 3 rings (SSSR count). The van der Waals surface area contributed by atoms with Crippen molar-refractivity contribution in [1.82, 2.24) is 4.98 Å². The molecule has 1 N–H and O–H groups in total. The van der Waals surface area contributed by atoms with E-state index in [9.17, 15) is 0 Å². The summed E-state index contributed by atoms with van der Waals surface area (Å²) in [6.45, 7) is 3.99. The zero-order valence-electron chi connectivity index (χ0n) is 13.1. The zero-order valence-corrected chi connectivity index (χ0v) is 13.1. The highest BCUT2D eigenvalue weighted by Gasteiger charge is 2.18. The van der Waals surface area contributed by atoms with E-state index in [0.29, 0.717) is 24.5 Å². The molecule has 5 nitrogen and oxygen atoms in total. The number of nitrogens with zero attached hydrogens (tertiary/aromatic N) is 2. The van der Waals surface area contributed by atoms with Gasteiger partial charge in [-0.1, -0.05) is 12.1 Å². The Bertz CT molecular complexity index is 718. The van der Waals surface area contributed by atoms with Crippen molar-refractivity contribution in [3.63, 3.8) is 0 Å². The number of hydrogen-bond acceptors (Lipinski definition) is 5. The molecular weight excluding hydrogens is 290 g/mol. The largest absolute Gasteiger partial charge is 0.488 e. The van der Waals surface area contributed by atoms with E-state index in [2.05, 4.69) is 22.4 Å². The number of nitriles is 1. The van der Waals surface area contributed by atoms with Gasteiger partial charge in [-0.15, -0.1) is 0 Å². The second-order valence-electron chi connectivity index (χ2n) is 5.58. The Labute approximate surface area is 135 Å². The summed E-state index contributed by atoms with van der Waals surface area (Å²) in [5.41, 5.74) is 2.72. The summed E-state index contributed by atoms with van der Waals surface area (Å²) in [5, 5.41) is 12.3. The third-order valence-electron chi connectivity index (χ3n) is 3.78. The van der Waals surface area contributed by atoms with Crippen LogP contribution in [0, 0.1) is 18.3 Å². The molecule has 0 radical (unpaired) electrons. The van der Waals surface area contributed by atoms with Gasteiger partial charge in [0, 0.05) is 24.7 Å². The van der Waals surface area contributed by atoms with Crippen LogP contribution in [0.5, 0.6) is 5.75 Å². The van der Waals surface area contributed by atoms with Gasteiger partial charge in [-0.05, 0) is 30.7 Å². The molecule has 2 aromatic rings. The van der Waals surface area contributed by atoms with E-state index in [0.717, 1.165) is 29.9 Å². The van der Waals surface area contributed by atoms with Gasteiger partial charge in [-0.25, -0.2) is 4.98 Å². The Morgan fingerprint density at radius 3 is 3.13 bits per heavy atom. The topological polar surface area (TPSA) is 67.2 Å². The average molecular weight is 309 g/mol. The summed E-state index contributed by atoms with van der Waals surface area (Å²) in [6, 6.07) is 11.8. The average Bonchev–Trinajstić information content (AvgIpc) is 3.07. The minimum atomic E-state index is 0.111. The predicted octanol–water partition coefficient (Wildman–Crippen LogP) is 3.04. The summed E-state index contributed by atoms with van der Waals surface area (Å²) in [4.78, 5) is 4.22. The first-order valence-corrected chi connectivity index (χ1v) is 7.69. The van der Waals surface area contributed by atoms with Crippen molar-refractivity contribution in [2.24, 2.45) is 0 Å². The van der Waals surface area contributed by atoms with Gasteiger partial charge in [0.2, 0.25) is 0 Å². The second kappa shape index (κ2) is 7.12. The van der Waals surface area contributed by atoms with Crippen molar-refractivity contribution in [2.45, 2.75) is 26.0 Å². The molecule has 1 aliphatic rings. The number of rotatable bonds is 5. The minimum absolute atomic E-state index is 0.111. The maximum absolute atomic E-state index is 9.13. The molecule has 1 aromatic heterocycles. The van der Waals surface area contributed by atoms with E-state index in [1.54, 1.807) is 18.3 Å². The summed E-state index contributed by atoms with van der Waals surface area (Å²) in [7, 11) is 0. The number of pyridine rings is 1. The number of aryl methyl sites for hydroxylation is 1. The number of aromatic nitrogens is 1. The molecule has 1 saturated heterocycles. The van der Waals surface area contributed by atoms with Crippen LogP contribution < -0.4 is 10.1 Å². The van der Waals surface area contributed by atoms with Crippen molar-refractivity contribution < 1.29 is 9.47 Å². The molecule has 118 valence electrons. The smallest absolute Gasteiger partial charge is 0.144 e. The van der Waals surface area contributed by atoms with Crippen LogP contribution in [0.3, 0.4) is 0 Å². The molecule has 0 saturated carbocycles. The van der Waals surface area contributed by atoms with E-state index in [4.69, 9.17) is 14.7 Å². The van der Waals surface area contributed by atoms with Crippen LogP contribution in [0.1, 0.15) is 23.1 Å². The van der Waals surface area contributed by atoms with Crippen LogP contribution in [-0.4, -0.2) is 24.3 Å². The maximum Gasteiger partial charge on any atom is 0.144 e. The lowest BCUT2D eigenvalue weighted by Gasteiger charge is -2.17. The van der Waals surface area contributed by atoms with Crippen LogP contribution in [0.25, 0.3) is 0 Å². The quantitative estimate of drug-likeness (QED) is 0.919. The van der Waals surface area contributed by atoms with Gasteiger partial charge in [0.15, 0.2) is 0 Å². The predicted molar refractivity (Wildman–Crippen MR) is 87.3 cm³/mol. The number of benzene rings is 1. The highest BCUT2D eigenvalue weighted by Crippen LogP contribution is 2.25. The number of anilines is 1. The lowest BCUT2D eigenvalue weighted by atomic mass is 10.1. The van der Waals surface area contributed by atoms with Crippen LogP contribution in [-0.2, 0) is 11.3 Å². The molecule has 2 heterocycles. The minimum Gasteiger partial charge on any atom is -0.488 e. The van der Waals surface area contributed by atoms with Gasteiger partial charge in [0.05, 0.1) is 18.8 Å². The van der Waals surface area contributed by atoms with Gasteiger partial charge in [-0.3, -0.25) is 0 Å². The second-order valence-corrected chi connectivity index (χ2v) is 5.58. The van der Waals surface area contributed by atoms with Crippen LogP contribution in [0.4, 0.5) is 5.82 Å². The Hall–Kier alpha value is -2.58. The molecular formula is C18H19N3O2. The molecule has 23 heavy (non-hydrogen) atoms. The monoisotopic (exact) mass is 309 g/mol. The molecule has 0 amide bonds. The standard InChI is InChI=1S/C18H19N3O2/c1-13-4-5-15(17(9-13)23-16-6-8-22-12-16)11-21-18-14(10-19)3-2-7-20-18/h2-5,7,9,16H,6,8,11-12H2,1H3,(H,20,21)/t16-/m1/s1. The van der Waals surface area contributed by atoms with Gasteiger partial charge < -0.3 is 14.8 Å². The normalized spacial score (nSPS) is 16.8. The first-order chi connectivity index (χ1) is 11.3. The maximum atomic E-state index is 9.13. The number of ether oxygens (including phenoxy) is 2. The highest BCUT2D eigenvalue weighted by atomic mass is 16.5. The van der Waals surface area contributed by atoms with Crippen LogP contribution >= 0.6 is 0 Å². The fourth-order valence-electron chi connectivity index (χ4n) is 2.52. The SMILES string of the molecule is Cc1ccc(CNc2ncccc2C#N)c(O[C@@H]2CCOC2)c1. The third-order valence-corrected chi connectivity index (χ3v) is 3.78. The molecule has 1 atom stereocenters. The van der Waals surface area contributed by atoms with Gasteiger partial charge in [0.25, 0.3) is 0 Å². The summed E-state index contributed by atoms with van der Waals surface area (Å²) >= 11 is 0.